The van der Waals surface area contributed by atoms with Crippen LogP contribution in [0.1, 0.15) is 93.8 Å². The van der Waals surface area contributed by atoms with Gasteiger partial charge in [-0.25, -0.2) is 9.67 Å². The number of hydrogen-bond acceptors (Lipinski definition) is 6. The highest BCUT2D eigenvalue weighted by Crippen LogP contribution is 2.50. The second-order valence-electron chi connectivity index (χ2n) is 12.9. The van der Waals surface area contributed by atoms with Gasteiger partial charge in [0.15, 0.2) is 5.82 Å². The standard InChI is InChI=1S/C32H42N6O2/c1-21(2)23-6-8-26(9-7-23)32(40,31(4)19-36(5)20-31)27-16-25(17-33-18-27)29-34-30(38(35-29)28-10-11-28)24-12-14-37(15-13-24)22(3)39/h6-9,16-18,21,24,28,40H,10-15,19-20H2,1-5H3. The quantitative estimate of drug-likeness (QED) is 0.465. The molecule has 1 amide bonds. The largest absolute Gasteiger partial charge is 0.380 e. The van der Waals surface area contributed by atoms with Gasteiger partial charge in [-0.15, -0.1) is 0 Å². The predicted molar refractivity (Wildman–Crippen MR) is 155 cm³/mol. The number of piperidine rings is 1. The Morgan fingerprint density at radius 1 is 1.05 bits per heavy atom. The van der Waals surface area contributed by atoms with Crippen LogP contribution in [-0.4, -0.2) is 73.8 Å². The van der Waals surface area contributed by atoms with Gasteiger partial charge in [0.2, 0.25) is 5.91 Å². The summed E-state index contributed by atoms with van der Waals surface area (Å²) in [4.78, 5) is 25.7. The lowest BCUT2D eigenvalue weighted by Gasteiger charge is -2.55. The van der Waals surface area contributed by atoms with Crippen molar-refractivity contribution in [3.8, 4) is 11.4 Å². The molecule has 40 heavy (non-hydrogen) atoms. The third-order valence-corrected chi connectivity index (χ3v) is 9.38. The molecule has 1 aromatic carbocycles. The number of aromatic nitrogens is 4. The van der Waals surface area contributed by atoms with Gasteiger partial charge in [0.1, 0.15) is 11.4 Å². The monoisotopic (exact) mass is 542 g/mol. The van der Waals surface area contributed by atoms with E-state index in [2.05, 4.69) is 66.7 Å². The van der Waals surface area contributed by atoms with Crippen LogP contribution in [0, 0.1) is 5.41 Å². The van der Waals surface area contributed by atoms with E-state index in [0.29, 0.717) is 17.8 Å². The molecule has 8 nitrogen and oxygen atoms in total. The SMILES string of the molecule is CC(=O)N1CCC(c2nc(-c3cncc(C(O)(c4ccc(C(C)C)cc4)C4(C)CN(C)C4)c3)nn2C2CC2)CC1. The van der Waals surface area contributed by atoms with Gasteiger partial charge in [0, 0.05) is 68.0 Å². The van der Waals surface area contributed by atoms with Crippen molar-refractivity contribution in [2.24, 2.45) is 5.41 Å². The van der Waals surface area contributed by atoms with Crippen LogP contribution in [0.2, 0.25) is 0 Å². The number of benzene rings is 1. The van der Waals surface area contributed by atoms with Crippen molar-refractivity contribution in [3.05, 3.63) is 65.2 Å². The molecular formula is C32H42N6O2. The van der Waals surface area contributed by atoms with Gasteiger partial charge in [-0.3, -0.25) is 9.78 Å². The fourth-order valence-electron chi connectivity index (χ4n) is 6.88. The third kappa shape index (κ3) is 4.65. The van der Waals surface area contributed by atoms with E-state index in [-0.39, 0.29) is 17.2 Å². The molecule has 2 aliphatic heterocycles. The smallest absolute Gasteiger partial charge is 0.219 e. The summed E-state index contributed by atoms with van der Waals surface area (Å²) in [6.07, 6.45) is 7.67. The van der Waals surface area contributed by atoms with E-state index in [1.165, 1.54) is 5.56 Å². The molecule has 3 fully saturated rings. The highest BCUT2D eigenvalue weighted by Gasteiger charge is 2.55. The zero-order chi connectivity index (χ0) is 28.2. The highest BCUT2D eigenvalue weighted by molar-refractivity contribution is 5.73. The number of carbonyl (C=O) groups is 1. The molecule has 1 unspecified atom stereocenters. The summed E-state index contributed by atoms with van der Waals surface area (Å²) in [5.74, 6) is 2.55. The number of nitrogens with zero attached hydrogens (tertiary/aromatic N) is 6. The summed E-state index contributed by atoms with van der Waals surface area (Å²) in [6, 6.07) is 10.9. The van der Waals surface area contributed by atoms with Crippen LogP contribution in [0.15, 0.2) is 42.7 Å². The summed E-state index contributed by atoms with van der Waals surface area (Å²) < 4.78 is 2.13. The van der Waals surface area contributed by atoms with Gasteiger partial charge in [0.25, 0.3) is 0 Å². The highest BCUT2D eigenvalue weighted by atomic mass is 16.3. The van der Waals surface area contributed by atoms with E-state index in [1.54, 1.807) is 13.1 Å². The number of pyridine rings is 1. The maximum Gasteiger partial charge on any atom is 0.219 e. The number of carbonyl (C=O) groups excluding carboxylic acids is 1. The Labute approximate surface area is 237 Å². The van der Waals surface area contributed by atoms with Crippen LogP contribution < -0.4 is 0 Å². The molecule has 4 heterocycles. The van der Waals surface area contributed by atoms with Gasteiger partial charge in [-0.2, -0.15) is 5.10 Å². The predicted octanol–water partition coefficient (Wildman–Crippen LogP) is 4.71. The third-order valence-electron chi connectivity index (χ3n) is 9.38. The zero-order valence-corrected chi connectivity index (χ0v) is 24.5. The first-order valence-corrected chi connectivity index (χ1v) is 14.8. The Morgan fingerprint density at radius 2 is 1.73 bits per heavy atom. The van der Waals surface area contributed by atoms with Gasteiger partial charge in [-0.05, 0) is 55.8 Å². The molecule has 6 rings (SSSR count). The van der Waals surface area contributed by atoms with Crippen molar-refractivity contribution < 1.29 is 9.90 Å². The van der Waals surface area contributed by atoms with E-state index in [9.17, 15) is 9.90 Å². The van der Waals surface area contributed by atoms with Crippen molar-refractivity contribution in [3.63, 3.8) is 0 Å². The van der Waals surface area contributed by atoms with Crippen LogP contribution in [0.3, 0.4) is 0 Å². The summed E-state index contributed by atoms with van der Waals surface area (Å²) in [5.41, 5.74) is 2.17. The van der Waals surface area contributed by atoms with Crippen molar-refractivity contribution in [1.82, 2.24) is 29.5 Å². The number of amides is 1. The second-order valence-corrected chi connectivity index (χ2v) is 12.9. The fourth-order valence-corrected chi connectivity index (χ4v) is 6.88. The van der Waals surface area contributed by atoms with E-state index in [0.717, 1.165) is 74.4 Å². The minimum atomic E-state index is -1.21. The van der Waals surface area contributed by atoms with Crippen LogP contribution in [0.25, 0.3) is 11.4 Å². The fraction of sp³-hybridized carbons (Fsp3) is 0.562. The van der Waals surface area contributed by atoms with Gasteiger partial charge < -0.3 is 14.9 Å². The molecule has 0 bridgehead atoms. The average Bonchev–Trinajstić information content (AvgIpc) is 3.69. The molecule has 1 aliphatic carbocycles. The minimum absolute atomic E-state index is 0.142. The van der Waals surface area contributed by atoms with Gasteiger partial charge in [-0.1, -0.05) is 45.0 Å². The summed E-state index contributed by atoms with van der Waals surface area (Å²) in [6.45, 7) is 11.3. The number of likely N-dealkylation sites (tertiary alicyclic amines) is 2. The molecule has 1 saturated carbocycles. The maximum atomic E-state index is 12.6. The number of hydrogen-bond donors (Lipinski definition) is 1. The minimum Gasteiger partial charge on any atom is -0.380 e. The molecule has 212 valence electrons. The Balaban J connectivity index is 1.37. The molecule has 2 aromatic heterocycles. The molecule has 3 aromatic rings. The Hall–Kier alpha value is -3.10. The maximum absolute atomic E-state index is 12.6. The van der Waals surface area contributed by atoms with Gasteiger partial charge >= 0.3 is 0 Å². The first-order chi connectivity index (χ1) is 19.1. The molecular weight excluding hydrogens is 500 g/mol. The number of aliphatic hydroxyl groups is 1. The summed E-state index contributed by atoms with van der Waals surface area (Å²) >= 11 is 0. The van der Waals surface area contributed by atoms with E-state index in [4.69, 9.17) is 10.1 Å². The lowest BCUT2D eigenvalue weighted by molar-refractivity contribution is -0.129. The van der Waals surface area contributed by atoms with Crippen LogP contribution in [0.5, 0.6) is 0 Å². The number of rotatable bonds is 7. The van der Waals surface area contributed by atoms with Crippen molar-refractivity contribution in [1.29, 1.82) is 0 Å². The zero-order valence-electron chi connectivity index (χ0n) is 24.5. The summed E-state index contributed by atoms with van der Waals surface area (Å²) in [5, 5.41) is 17.6. The molecule has 1 N–H and O–H groups in total. The lowest BCUT2D eigenvalue weighted by Crippen LogP contribution is -2.63. The van der Waals surface area contributed by atoms with E-state index < -0.39 is 5.60 Å². The van der Waals surface area contributed by atoms with Gasteiger partial charge in [0.05, 0.1) is 6.04 Å². The van der Waals surface area contributed by atoms with E-state index in [1.807, 2.05) is 17.2 Å². The first-order valence-electron chi connectivity index (χ1n) is 14.8. The second kappa shape index (κ2) is 10.1. The molecule has 2 saturated heterocycles. The van der Waals surface area contributed by atoms with Crippen LogP contribution >= 0.6 is 0 Å². The Bertz CT molecular complexity index is 1380. The van der Waals surface area contributed by atoms with Crippen LogP contribution in [0.4, 0.5) is 0 Å². The normalized spacial score (nSPS) is 21.3. The summed E-state index contributed by atoms with van der Waals surface area (Å²) in [7, 11) is 2.09. The first kappa shape index (κ1) is 27.1. The van der Waals surface area contributed by atoms with Crippen LogP contribution in [-0.2, 0) is 10.4 Å². The van der Waals surface area contributed by atoms with Crippen molar-refractivity contribution in [2.75, 3.05) is 33.2 Å². The molecule has 0 spiro atoms. The Morgan fingerprint density at radius 3 is 2.30 bits per heavy atom. The lowest BCUT2D eigenvalue weighted by atomic mass is 9.62. The topological polar surface area (TPSA) is 87.4 Å². The molecule has 0 radical (unpaired) electrons. The molecule has 8 heteroatoms. The van der Waals surface area contributed by atoms with Crippen molar-refractivity contribution in [2.45, 2.75) is 76.9 Å². The Kier molecular flexibility index (Phi) is 6.82. The van der Waals surface area contributed by atoms with Crippen molar-refractivity contribution >= 4 is 5.91 Å². The molecule has 1 atom stereocenters. The average molecular weight is 543 g/mol. The molecule has 3 aliphatic rings. The van der Waals surface area contributed by atoms with E-state index >= 15 is 0 Å².